The molecule has 0 spiro atoms. The Morgan fingerprint density at radius 3 is 0.800 bits per heavy atom. The molecule has 0 aliphatic heterocycles. The number of aliphatic hydroxyl groups is 2. The van der Waals surface area contributed by atoms with E-state index in [9.17, 15) is 0 Å². The van der Waals surface area contributed by atoms with Crippen LogP contribution in [0.3, 0.4) is 0 Å². The van der Waals surface area contributed by atoms with Crippen molar-refractivity contribution in [3.63, 3.8) is 0 Å². The fraction of sp³-hybridized carbons (Fsp3) is 0.500. The van der Waals surface area contributed by atoms with Gasteiger partial charge in [-0.2, -0.15) is 0 Å². The minimum atomic E-state index is 0.250. The van der Waals surface area contributed by atoms with Crippen molar-refractivity contribution in [1.29, 1.82) is 0 Å². The van der Waals surface area contributed by atoms with E-state index in [1.807, 2.05) is 0 Å². The first kappa shape index (κ1) is 22.7. The summed E-state index contributed by atoms with van der Waals surface area (Å²) in [6.07, 6.45) is 0. The van der Waals surface area contributed by atoms with Gasteiger partial charge in [-0.1, -0.05) is 0 Å². The molecule has 0 aliphatic carbocycles. The monoisotopic (exact) mass is 148 g/mol. The molecule has 0 unspecified atom stereocenters. The Bertz CT molecular complexity index is 19.2. The standard InChI is InChI=1S/2C2H6O.2C2H4/c2*1-2-3;2*1-2/h2*3H,2H2,1H3;2*1-2H2. The summed E-state index contributed by atoms with van der Waals surface area (Å²) in [5, 5.41) is 15.1. The molecule has 0 radical (unpaired) electrons. The predicted octanol–water partition coefficient (Wildman–Crippen LogP) is 1.60. The molecule has 0 atom stereocenters. The average molecular weight is 148 g/mol. The van der Waals surface area contributed by atoms with Crippen molar-refractivity contribution >= 4 is 0 Å². The summed E-state index contributed by atoms with van der Waals surface area (Å²) >= 11 is 0. The first-order valence-electron chi connectivity index (χ1n) is 3.05. The first-order chi connectivity index (χ1) is 4.83. The molecular weight excluding hydrogens is 128 g/mol. The summed E-state index contributed by atoms with van der Waals surface area (Å²) in [7, 11) is 0. The largest absolute Gasteiger partial charge is 0.397 e. The molecule has 10 heavy (non-hydrogen) atoms. The zero-order valence-corrected chi connectivity index (χ0v) is 7.14. The first-order valence-corrected chi connectivity index (χ1v) is 3.05. The molecule has 0 aromatic rings. The molecule has 64 valence electrons. The zero-order valence-electron chi connectivity index (χ0n) is 7.14. The fourth-order valence-electron chi connectivity index (χ4n) is 0. The second kappa shape index (κ2) is 235. The molecule has 0 amide bonds. The molecule has 0 fully saturated rings. The van der Waals surface area contributed by atoms with Crippen LogP contribution in [0.25, 0.3) is 0 Å². The van der Waals surface area contributed by atoms with Gasteiger partial charge in [-0.05, 0) is 13.8 Å². The molecule has 2 N–H and O–H groups in total. The summed E-state index contributed by atoms with van der Waals surface area (Å²) in [4.78, 5) is 0. The van der Waals surface area contributed by atoms with Crippen molar-refractivity contribution in [3.05, 3.63) is 26.3 Å². The lowest BCUT2D eigenvalue weighted by Gasteiger charge is -1.52. The lowest BCUT2D eigenvalue weighted by molar-refractivity contribution is 0.318. The highest BCUT2D eigenvalue weighted by Gasteiger charge is 1.34. The van der Waals surface area contributed by atoms with Crippen molar-refractivity contribution < 1.29 is 10.2 Å². The van der Waals surface area contributed by atoms with Gasteiger partial charge in [-0.3, -0.25) is 0 Å². The minimum absolute atomic E-state index is 0.250. The van der Waals surface area contributed by atoms with Crippen LogP contribution in [0.15, 0.2) is 26.3 Å². The Hall–Kier alpha value is -0.600. The van der Waals surface area contributed by atoms with E-state index in [2.05, 4.69) is 26.3 Å². The molecule has 0 aromatic heterocycles. The number of hydrogen-bond donors (Lipinski definition) is 2. The maximum absolute atomic E-state index is 7.57. The van der Waals surface area contributed by atoms with Gasteiger partial charge >= 0.3 is 0 Å². The molecule has 0 aliphatic rings. The van der Waals surface area contributed by atoms with Crippen LogP contribution in [0, 0.1) is 0 Å². The summed E-state index contributed by atoms with van der Waals surface area (Å²) in [5.41, 5.74) is 0. The third-order valence-electron chi connectivity index (χ3n) is 0. The quantitative estimate of drug-likeness (QED) is 0.512. The van der Waals surface area contributed by atoms with Crippen LogP contribution in [-0.2, 0) is 0 Å². The van der Waals surface area contributed by atoms with Crippen LogP contribution in [0.1, 0.15) is 13.8 Å². The van der Waals surface area contributed by atoms with Gasteiger partial charge in [0.05, 0.1) is 0 Å². The molecule has 2 heteroatoms. The Morgan fingerprint density at radius 1 is 0.800 bits per heavy atom. The highest BCUT2D eigenvalue weighted by atomic mass is 16.3. The second-order valence-corrected chi connectivity index (χ2v) is 0.632. The van der Waals surface area contributed by atoms with Crippen molar-refractivity contribution in [1.82, 2.24) is 0 Å². The van der Waals surface area contributed by atoms with Crippen molar-refractivity contribution in [3.8, 4) is 0 Å². The SMILES string of the molecule is C=C.C=C.CCO.CCO. The van der Waals surface area contributed by atoms with Crippen LogP contribution in [0.2, 0.25) is 0 Å². The molecule has 0 saturated carbocycles. The van der Waals surface area contributed by atoms with Crippen LogP contribution >= 0.6 is 0 Å². The van der Waals surface area contributed by atoms with Gasteiger partial charge in [-0.15, -0.1) is 26.3 Å². The molecule has 0 rings (SSSR count). The maximum Gasteiger partial charge on any atom is 0.0402 e. The van der Waals surface area contributed by atoms with Gasteiger partial charge < -0.3 is 10.2 Å². The second-order valence-electron chi connectivity index (χ2n) is 0.632. The summed E-state index contributed by atoms with van der Waals surface area (Å²) in [5.74, 6) is 0. The third-order valence-corrected chi connectivity index (χ3v) is 0. The van der Waals surface area contributed by atoms with Crippen LogP contribution in [0.5, 0.6) is 0 Å². The van der Waals surface area contributed by atoms with Gasteiger partial charge in [0.2, 0.25) is 0 Å². The molecule has 0 aromatic carbocycles. The molecule has 0 heterocycles. The van der Waals surface area contributed by atoms with Gasteiger partial charge in [0, 0.05) is 13.2 Å². The van der Waals surface area contributed by atoms with E-state index in [1.165, 1.54) is 0 Å². The van der Waals surface area contributed by atoms with Crippen LogP contribution < -0.4 is 0 Å². The van der Waals surface area contributed by atoms with E-state index in [1.54, 1.807) is 13.8 Å². The number of rotatable bonds is 0. The highest BCUT2D eigenvalue weighted by Crippen LogP contribution is 1.30. The topological polar surface area (TPSA) is 40.5 Å². The maximum atomic E-state index is 7.57. The van der Waals surface area contributed by atoms with Gasteiger partial charge in [0.15, 0.2) is 0 Å². The van der Waals surface area contributed by atoms with Crippen molar-refractivity contribution in [2.75, 3.05) is 13.2 Å². The number of aliphatic hydroxyl groups excluding tert-OH is 2. The Morgan fingerprint density at radius 2 is 0.800 bits per heavy atom. The molecular formula is C8H20O2. The van der Waals surface area contributed by atoms with Crippen LogP contribution in [0.4, 0.5) is 0 Å². The molecule has 0 saturated heterocycles. The van der Waals surface area contributed by atoms with Gasteiger partial charge in [0.1, 0.15) is 0 Å². The third kappa shape index (κ3) is 842. The van der Waals surface area contributed by atoms with Crippen molar-refractivity contribution in [2.24, 2.45) is 0 Å². The van der Waals surface area contributed by atoms with E-state index in [0.29, 0.717) is 0 Å². The lowest BCUT2D eigenvalue weighted by atomic mass is 10.9. The normalized spacial score (nSPS) is 4.40. The highest BCUT2D eigenvalue weighted by molar-refractivity contribution is 4.22. The Labute approximate surface area is 64.5 Å². The fourth-order valence-corrected chi connectivity index (χ4v) is 0. The van der Waals surface area contributed by atoms with E-state index < -0.39 is 0 Å². The Balaban J connectivity index is -0.0000000246. The lowest BCUT2D eigenvalue weighted by Crippen LogP contribution is -1.57. The average Bonchev–Trinajstić information content (AvgIpc) is 1.99. The minimum Gasteiger partial charge on any atom is -0.397 e. The summed E-state index contributed by atoms with van der Waals surface area (Å²) < 4.78 is 0. The van der Waals surface area contributed by atoms with Gasteiger partial charge in [0.25, 0.3) is 0 Å². The van der Waals surface area contributed by atoms with E-state index in [4.69, 9.17) is 10.2 Å². The zero-order chi connectivity index (χ0) is 9.41. The van der Waals surface area contributed by atoms with Crippen LogP contribution in [-0.4, -0.2) is 23.4 Å². The summed E-state index contributed by atoms with van der Waals surface area (Å²) in [6, 6.07) is 0. The van der Waals surface area contributed by atoms with E-state index in [-0.39, 0.29) is 13.2 Å². The number of hydrogen-bond acceptors (Lipinski definition) is 2. The van der Waals surface area contributed by atoms with E-state index >= 15 is 0 Å². The predicted molar refractivity (Wildman–Crippen MR) is 48.0 cm³/mol. The van der Waals surface area contributed by atoms with Crippen molar-refractivity contribution in [2.45, 2.75) is 13.8 Å². The smallest absolute Gasteiger partial charge is 0.0402 e. The summed E-state index contributed by atoms with van der Waals surface area (Å²) in [6.45, 7) is 15.9. The molecule has 0 bridgehead atoms. The Kier molecular flexibility index (Phi) is 534. The molecule has 2 nitrogen and oxygen atoms in total. The van der Waals surface area contributed by atoms with E-state index in [0.717, 1.165) is 0 Å². The van der Waals surface area contributed by atoms with Gasteiger partial charge in [-0.25, -0.2) is 0 Å².